The van der Waals surface area contributed by atoms with Crippen LogP contribution in [0, 0.1) is 0 Å². The molecule has 4 atom stereocenters. The number of carbonyl (C=O) groups excluding carboxylic acids is 2. The van der Waals surface area contributed by atoms with Gasteiger partial charge in [-0.15, -0.1) is 0 Å². The lowest BCUT2D eigenvalue weighted by Crippen LogP contribution is -2.52. The van der Waals surface area contributed by atoms with E-state index in [1.807, 2.05) is 0 Å². The lowest BCUT2D eigenvalue weighted by atomic mass is 9.90. The third-order valence-corrected chi connectivity index (χ3v) is 4.50. The third-order valence-electron chi connectivity index (χ3n) is 4.50. The average Bonchev–Trinajstić information content (AvgIpc) is 2.67. The summed E-state index contributed by atoms with van der Waals surface area (Å²) in [6.45, 7) is 0. The Morgan fingerprint density at radius 2 is 1.08 bits per heavy atom. The molecule has 0 amide bonds. The maximum atomic E-state index is 11.1. The van der Waals surface area contributed by atoms with Crippen LogP contribution in [0.3, 0.4) is 0 Å². The van der Waals surface area contributed by atoms with Gasteiger partial charge in [0.25, 0.3) is 0 Å². The van der Waals surface area contributed by atoms with Gasteiger partial charge in [0.2, 0.25) is 0 Å². The Labute approximate surface area is 152 Å². The molecule has 138 valence electrons. The first kappa shape index (κ1) is 19.9. The van der Waals surface area contributed by atoms with Gasteiger partial charge in [-0.2, -0.15) is 0 Å². The molecule has 6 heteroatoms. The van der Waals surface area contributed by atoms with E-state index in [2.05, 4.69) is 0 Å². The molecule has 0 aliphatic rings. The molecule has 0 unspecified atom stereocenters. The molecular formula is C20H24N2O4. The Kier molecular flexibility index (Phi) is 7.17. The highest BCUT2D eigenvalue weighted by Gasteiger charge is 2.29. The molecule has 0 fully saturated rings. The average molecular weight is 356 g/mol. The summed E-state index contributed by atoms with van der Waals surface area (Å²) in [5.74, 6) is 0. The molecule has 2 aromatic carbocycles. The molecule has 0 heterocycles. The molecule has 0 spiro atoms. The number of aliphatic hydroxyl groups is 2. The van der Waals surface area contributed by atoms with Crippen molar-refractivity contribution in [2.75, 3.05) is 0 Å². The zero-order chi connectivity index (χ0) is 19.1. The molecule has 0 aliphatic carbocycles. The minimum absolute atomic E-state index is 0.227. The van der Waals surface area contributed by atoms with Gasteiger partial charge in [-0.3, -0.25) is 9.59 Å². The molecule has 0 saturated carbocycles. The summed E-state index contributed by atoms with van der Waals surface area (Å²) in [5, 5.41) is 20.7. The van der Waals surface area contributed by atoms with Crippen molar-refractivity contribution < 1.29 is 19.8 Å². The monoisotopic (exact) mass is 356 g/mol. The standard InChI is InChI=1S/C20H24N2O4/c21-17(9-13-5-1-3-7-15(13)11-23)19(25)20(26)18(22)10-14-6-2-4-8-16(14)12-24/h1-8,11-12,17-20,25-26H,9-10,21-22H2/t17-,18-,19+,20+/m0/s1. The van der Waals surface area contributed by atoms with Gasteiger partial charge < -0.3 is 21.7 Å². The smallest absolute Gasteiger partial charge is 0.150 e. The van der Waals surface area contributed by atoms with Crippen LogP contribution in [-0.2, 0) is 12.8 Å². The van der Waals surface area contributed by atoms with Crippen LogP contribution in [0.15, 0.2) is 48.5 Å². The first-order valence-electron chi connectivity index (χ1n) is 8.41. The highest BCUT2D eigenvalue weighted by atomic mass is 16.3. The predicted molar refractivity (Wildman–Crippen MR) is 99.0 cm³/mol. The van der Waals surface area contributed by atoms with Crippen molar-refractivity contribution >= 4 is 12.6 Å². The first-order chi connectivity index (χ1) is 12.5. The van der Waals surface area contributed by atoms with Crippen LogP contribution in [-0.4, -0.2) is 47.1 Å². The van der Waals surface area contributed by atoms with Gasteiger partial charge >= 0.3 is 0 Å². The number of nitrogens with two attached hydrogens (primary N) is 2. The van der Waals surface area contributed by atoms with Crippen molar-refractivity contribution in [1.29, 1.82) is 0 Å². The van der Waals surface area contributed by atoms with Crippen LogP contribution in [0.1, 0.15) is 31.8 Å². The van der Waals surface area contributed by atoms with E-state index in [1.165, 1.54) is 0 Å². The van der Waals surface area contributed by atoms with Crippen molar-refractivity contribution in [3.63, 3.8) is 0 Å². The lowest BCUT2D eigenvalue weighted by Gasteiger charge is -2.28. The Hall–Kier alpha value is -2.38. The van der Waals surface area contributed by atoms with E-state index in [0.717, 1.165) is 12.6 Å². The largest absolute Gasteiger partial charge is 0.389 e. The molecule has 0 aromatic heterocycles. The Morgan fingerprint density at radius 1 is 0.731 bits per heavy atom. The topological polar surface area (TPSA) is 127 Å². The first-order valence-corrected chi connectivity index (χ1v) is 8.41. The number of benzene rings is 2. The summed E-state index contributed by atoms with van der Waals surface area (Å²) in [5.41, 5.74) is 14.4. The predicted octanol–water partition coefficient (Wildman–Crippen LogP) is 0.473. The van der Waals surface area contributed by atoms with Crippen molar-refractivity contribution in [3.05, 3.63) is 70.8 Å². The van der Waals surface area contributed by atoms with E-state index in [4.69, 9.17) is 11.5 Å². The molecule has 6 nitrogen and oxygen atoms in total. The number of rotatable bonds is 9. The second kappa shape index (κ2) is 9.35. The highest BCUT2D eigenvalue weighted by Crippen LogP contribution is 2.15. The molecule has 0 aliphatic heterocycles. The summed E-state index contributed by atoms with van der Waals surface area (Å²) in [7, 11) is 0. The van der Waals surface area contributed by atoms with Gasteiger partial charge in [-0.1, -0.05) is 48.5 Å². The van der Waals surface area contributed by atoms with Crippen molar-refractivity contribution in [2.24, 2.45) is 11.5 Å². The molecule has 0 bridgehead atoms. The summed E-state index contributed by atoms with van der Waals surface area (Å²) < 4.78 is 0. The fraction of sp³-hybridized carbons (Fsp3) is 0.300. The van der Waals surface area contributed by atoms with Crippen LogP contribution in [0.5, 0.6) is 0 Å². The molecule has 0 saturated heterocycles. The summed E-state index contributed by atoms with van der Waals surface area (Å²) in [6.07, 6.45) is -0.628. The Bertz CT molecular complexity index is 687. The Morgan fingerprint density at radius 3 is 1.42 bits per heavy atom. The van der Waals surface area contributed by atoms with E-state index >= 15 is 0 Å². The molecular weight excluding hydrogens is 332 g/mol. The van der Waals surface area contributed by atoms with E-state index < -0.39 is 24.3 Å². The van der Waals surface area contributed by atoms with Crippen molar-refractivity contribution in [3.8, 4) is 0 Å². The normalized spacial score (nSPS) is 15.7. The minimum atomic E-state index is -1.27. The zero-order valence-electron chi connectivity index (χ0n) is 14.4. The van der Waals surface area contributed by atoms with Gasteiger partial charge in [-0.05, 0) is 24.0 Å². The SMILES string of the molecule is N[C@@H](Cc1ccccc1C=O)[C@@H](O)[C@H](O)[C@@H](N)Cc1ccccc1C=O. The summed E-state index contributed by atoms with van der Waals surface area (Å²) in [6, 6.07) is 12.3. The van der Waals surface area contributed by atoms with Gasteiger partial charge in [0.1, 0.15) is 12.6 Å². The third kappa shape index (κ3) is 4.83. The number of aliphatic hydroxyl groups excluding tert-OH is 2. The van der Waals surface area contributed by atoms with Gasteiger partial charge in [-0.25, -0.2) is 0 Å². The maximum absolute atomic E-state index is 11.1. The lowest BCUT2D eigenvalue weighted by molar-refractivity contribution is -0.00979. The second-order valence-corrected chi connectivity index (χ2v) is 6.35. The van der Waals surface area contributed by atoms with Gasteiger partial charge in [0.15, 0.2) is 0 Å². The van der Waals surface area contributed by atoms with Crippen LogP contribution in [0.25, 0.3) is 0 Å². The molecule has 0 radical (unpaired) electrons. The van der Waals surface area contributed by atoms with Gasteiger partial charge in [0.05, 0.1) is 12.2 Å². The van der Waals surface area contributed by atoms with E-state index in [9.17, 15) is 19.8 Å². The zero-order valence-corrected chi connectivity index (χ0v) is 14.4. The number of aldehydes is 2. The second-order valence-electron chi connectivity index (χ2n) is 6.35. The number of hydrogen-bond donors (Lipinski definition) is 4. The summed E-state index contributed by atoms with van der Waals surface area (Å²) >= 11 is 0. The van der Waals surface area contributed by atoms with Crippen LogP contribution < -0.4 is 11.5 Å². The number of carbonyl (C=O) groups is 2. The number of hydrogen-bond acceptors (Lipinski definition) is 6. The fourth-order valence-corrected chi connectivity index (χ4v) is 2.93. The van der Waals surface area contributed by atoms with Crippen LogP contribution in [0.2, 0.25) is 0 Å². The molecule has 2 rings (SSSR count). The highest BCUT2D eigenvalue weighted by molar-refractivity contribution is 5.77. The maximum Gasteiger partial charge on any atom is 0.150 e. The molecule has 26 heavy (non-hydrogen) atoms. The van der Waals surface area contributed by atoms with Crippen LogP contribution in [0.4, 0.5) is 0 Å². The van der Waals surface area contributed by atoms with Gasteiger partial charge in [0, 0.05) is 23.2 Å². The van der Waals surface area contributed by atoms with Crippen molar-refractivity contribution in [1.82, 2.24) is 0 Å². The van der Waals surface area contributed by atoms with E-state index in [1.54, 1.807) is 48.5 Å². The van der Waals surface area contributed by atoms with E-state index in [0.29, 0.717) is 22.3 Å². The van der Waals surface area contributed by atoms with Crippen LogP contribution >= 0.6 is 0 Å². The van der Waals surface area contributed by atoms with E-state index in [-0.39, 0.29) is 12.8 Å². The summed E-state index contributed by atoms with van der Waals surface area (Å²) in [4.78, 5) is 22.2. The van der Waals surface area contributed by atoms with Crippen molar-refractivity contribution in [2.45, 2.75) is 37.1 Å². The molecule has 2 aromatic rings. The molecule has 6 N–H and O–H groups in total. The quantitative estimate of drug-likeness (QED) is 0.484. The Balaban J connectivity index is 2.04. The minimum Gasteiger partial charge on any atom is -0.389 e. The fourth-order valence-electron chi connectivity index (χ4n) is 2.93.